The quantitative estimate of drug-likeness (QED) is 0.617. The second-order valence-corrected chi connectivity index (χ2v) is 6.81. The zero-order valence-corrected chi connectivity index (χ0v) is 15.4. The number of pyridine rings is 2. The smallest absolute Gasteiger partial charge is 0.255 e. The van der Waals surface area contributed by atoms with Gasteiger partial charge in [0, 0.05) is 29.4 Å². The first-order valence-electron chi connectivity index (χ1n) is 9.09. The van der Waals surface area contributed by atoms with Crippen LogP contribution in [0, 0.1) is 11.7 Å². The molecule has 8 heteroatoms. The second-order valence-electron chi connectivity index (χ2n) is 6.81. The zero-order chi connectivity index (χ0) is 20.4. The minimum atomic E-state index is -0.418. The van der Waals surface area contributed by atoms with E-state index in [1.807, 2.05) is 0 Å². The van der Waals surface area contributed by atoms with Crippen LogP contribution in [-0.2, 0) is 4.79 Å². The van der Waals surface area contributed by atoms with Gasteiger partial charge in [-0.3, -0.25) is 9.59 Å². The number of nitrogens with zero attached hydrogens (tertiary/aromatic N) is 2. The average molecular weight is 391 g/mol. The van der Waals surface area contributed by atoms with Crippen LogP contribution in [-0.4, -0.2) is 21.8 Å². The molecule has 0 radical (unpaired) electrons. The lowest BCUT2D eigenvalue weighted by molar-refractivity contribution is -0.117. The molecule has 0 aliphatic heterocycles. The van der Waals surface area contributed by atoms with Crippen LogP contribution in [0.4, 0.5) is 21.7 Å². The van der Waals surface area contributed by atoms with E-state index in [-0.39, 0.29) is 23.5 Å². The van der Waals surface area contributed by atoms with Crippen molar-refractivity contribution in [3.05, 3.63) is 66.2 Å². The lowest BCUT2D eigenvalue weighted by Crippen LogP contribution is -2.17. The molecule has 2 aromatic heterocycles. The van der Waals surface area contributed by atoms with Gasteiger partial charge in [0.05, 0.1) is 5.69 Å². The first kappa shape index (κ1) is 18.5. The van der Waals surface area contributed by atoms with Crippen LogP contribution in [0.2, 0.25) is 0 Å². The van der Waals surface area contributed by atoms with Crippen molar-refractivity contribution in [2.24, 2.45) is 5.92 Å². The maximum Gasteiger partial charge on any atom is 0.255 e. The summed E-state index contributed by atoms with van der Waals surface area (Å²) in [6.45, 7) is 0. The lowest BCUT2D eigenvalue weighted by Gasteiger charge is -2.11. The van der Waals surface area contributed by atoms with Gasteiger partial charge < -0.3 is 16.4 Å². The van der Waals surface area contributed by atoms with Gasteiger partial charge in [-0.15, -0.1) is 0 Å². The molecule has 0 spiro atoms. The highest BCUT2D eigenvalue weighted by molar-refractivity contribution is 6.06. The van der Waals surface area contributed by atoms with Crippen molar-refractivity contribution in [3.63, 3.8) is 0 Å². The first-order valence-corrected chi connectivity index (χ1v) is 9.09. The van der Waals surface area contributed by atoms with Crippen LogP contribution in [0.3, 0.4) is 0 Å². The number of halogens is 1. The minimum Gasteiger partial charge on any atom is -0.382 e. The summed E-state index contributed by atoms with van der Waals surface area (Å²) in [5.74, 6) is -0.335. The highest BCUT2D eigenvalue weighted by atomic mass is 19.1. The monoisotopic (exact) mass is 391 g/mol. The molecule has 2 amide bonds. The Balaban J connectivity index is 1.52. The number of hydrogen-bond acceptors (Lipinski definition) is 5. The fraction of sp³-hybridized carbons (Fsp3) is 0.143. The summed E-state index contributed by atoms with van der Waals surface area (Å²) in [5.41, 5.74) is 7.97. The highest BCUT2D eigenvalue weighted by Crippen LogP contribution is 2.30. The van der Waals surface area contributed by atoms with Gasteiger partial charge in [-0.25, -0.2) is 14.4 Å². The van der Waals surface area contributed by atoms with Crippen LogP contribution < -0.4 is 16.4 Å². The fourth-order valence-electron chi connectivity index (χ4n) is 2.78. The van der Waals surface area contributed by atoms with Crippen molar-refractivity contribution in [2.45, 2.75) is 12.8 Å². The molecule has 1 fully saturated rings. The minimum absolute atomic E-state index is 0.0364. The predicted molar refractivity (Wildman–Crippen MR) is 108 cm³/mol. The second kappa shape index (κ2) is 7.67. The van der Waals surface area contributed by atoms with Gasteiger partial charge in [0.1, 0.15) is 17.5 Å². The third kappa shape index (κ3) is 4.37. The number of amides is 2. The van der Waals surface area contributed by atoms with Gasteiger partial charge in [0.2, 0.25) is 5.91 Å². The van der Waals surface area contributed by atoms with Crippen LogP contribution in [0.1, 0.15) is 23.2 Å². The number of carbonyl (C=O) groups excluding carboxylic acids is 2. The molecule has 0 atom stereocenters. The Labute approximate surface area is 166 Å². The summed E-state index contributed by atoms with van der Waals surface area (Å²) in [7, 11) is 0. The SMILES string of the molecule is Nc1ncc(-c2ccc(F)cc2)cc1NC(=O)c1ccnc(NC(=O)C2CC2)c1. The Kier molecular flexibility index (Phi) is 4.90. The summed E-state index contributed by atoms with van der Waals surface area (Å²) in [6.07, 6.45) is 4.76. The van der Waals surface area contributed by atoms with Gasteiger partial charge in [-0.05, 0) is 48.7 Å². The number of aromatic nitrogens is 2. The van der Waals surface area contributed by atoms with Crippen molar-refractivity contribution in [2.75, 3.05) is 16.4 Å². The average Bonchev–Trinajstić information content (AvgIpc) is 3.56. The summed E-state index contributed by atoms with van der Waals surface area (Å²) in [4.78, 5) is 32.7. The third-order valence-electron chi connectivity index (χ3n) is 4.57. The Morgan fingerprint density at radius 3 is 2.48 bits per heavy atom. The molecule has 29 heavy (non-hydrogen) atoms. The van der Waals surface area contributed by atoms with E-state index in [9.17, 15) is 14.0 Å². The normalized spacial score (nSPS) is 13.0. The fourth-order valence-corrected chi connectivity index (χ4v) is 2.78. The van der Waals surface area contributed by atoms with E-state index in [4.69, 9.17) is 5.73 Å². The van der Waals surface area contributed by atoms with Crippen LogP contribution in [0.25, 0.3) is 11.1 Å². The van der Waals surface area contributed by atoms with Gasteiger partial charge in [0.25, 0.3) is 5.91 Å². The number of rotatable bonds is 5. The standard InChI is InChI=1S/C21H18FN5O2/c22-16-5-3-12(4-6-16)15-9-17(19(23)25-11-15)26-21(29)14-7-8-24-18(10-14)27-20(28)13-1-2-13/h3-11,13H,1-2H2,(H2,23,25)(H,26,29)(H,24,27,28). The number of benzene rings is 1. The molecule has 0 saturated heterocycles. The molecule has 4 rings (SSSR count). The molecule has 2 heterocycles. The van der Waals surface area contributed by atoms with Crippen molar-refractivity contribution in [3.8, 4) is 11.1 Å². The van der Waals surface area contributed by atoms with Crippen molar-refractivity contribution in [1.29, 1.82) is 0 Å². The third-order valence-corrected chi connectivity index (χ3v) is 4.57. The molecule has 146 valence electrons. The molecule has 1 aromatic carbocycles. The molecule has 0 bridgehead atoms. The number of nitrogen functional groups attached to an aromatic ring is 1. The molecule has 1 aliphatic carbocycles. The van der Waals surface area contributed by atoms with Gasteiger partial charge >= 0.3 is 0 Å². The van der Waals surface area contributed by atoms with E-state index in [1.165, 1.54) is 30.5 Å². The van der Waals surface area contributed by atoms with E-state index >= 15 is 0 Å². The largest absolute Gasteiger partial charge is 0.382 e. The molecule has 4 N–H and O–H groups in total. The molecular formula is C21H18FN5O2. The number of carbonyl (C=O) groups is 2. The molecule has 7 nitrogen and oxygen atoms in total. The summed E-state index contributed by atoms with van der Waals surface area (Å²) < 4.78 is 13.1. The van der Waals surface area contributed by atoms with E-state index in [1.54, 1.807) is 24.4 Å². The van der Waals surface area contributed by atoms with Gasteiger partial charge in [0.15, 0.2) is 0 Å². The highest BCUT2D eigenvalue weighted by Gasteiger charge is 2.29. The Hall–Kier alpha value is -3.81. The van der Waals surface area contributed by atoms with Crippen molar-refractivity contribution < 1.29 is 14.0 Å². The Bertz CT molecular complexity index is 1080. The summed E-state index contributed by atoms with van der Waals surface area (Å²) in [6, 6.07) is 10.6. The topological polar surface area (TPSA) is 110 Å². The van der Waals surface area contributed by atoms with Crippen LogP contribution >= 0.6 is 0 Å². The molecule has 0 unspecified atom stereocenters. The number of nitrogens with two attached hydrogens (primary N) is 1. The lowest BCUT2D eigenvalue weighted by atomic mass is 10.1. The Morgan fingerprint density at radius 1 is 1.00 bits per heavy atom. The maximum absolute atomic E-state index is 13.1. The van der Waals surface area contributed by atoms with Crippen molar-refractivity contribution >= 4 is 29.1 Å². The van der Waals surface area contributed by atoms with Gasteiger partial charge in [-0.1, -0.05) is 12.1 Å². The molecule has 1 aliphatic rings. The molecule has 3 aromatic rings. The van der Waals surface area contributed by atoms with Crippen molar-refractivity contribution in [1.82, 2.24) is 9.97 Å². The number of anilines is 3. The Morgan fingerprint density at radius 2 is 1.76 bits per heavy atom. The maximum atomic E-state index is 13.1. The van der Waals surface area contributed by atoms with E-state index in [2.05, 4.69) is 20.6 Å². The number of hydrogen-bond donors (Lipinski definition) is 3. The molecular weight excluding hydrogens is 373 g/mol. The van der Waals surface area contributed by atoms with Crippen LogP contribution in [0.15, 0.2) is 54.9 Å². The zero-order valence-electron chi connectivity index (χ0n) is 15.4. The first-order chi connectivity index (χ1) is 14.0. The van der Waals surface area contributed by atoms with E-state index in [0.717, 1.165) is 18.4 Å². The van der Waals surface area contributed by atoms with E-state index in [0.29, 0.717) is 22.6 Å². The van der Waals surface area contributed by atoms with Gasteiger partial charge in [-0.2, -0.15) is 0 Å². The summed E-state index contributed by atoms with van der Waals surface area (Å²) >= 11 is 0. The molecule has 1 saturated carbocycles. The predicted octanol–water partition coefficient (Wildman–Crippen LogP) is 3.47. The number of nitrogens with one attached hydrogen (secondary N) is 2. The summed E-state index contributed by atoms with van der Waals surface area (Å²) in [5, 5.41) is 5.43. The van der Waals surface area contributed by atoms with Crippen LogP contribution in [0.5, 0.6) is 0 Å². The van der Waals surface area contributed by atoms with E-state index < -0.39 is 5.91 Å².